The number of rotatable bonds is 5. The summed E-state index contributed by atoms with van der Waals surface area (Å²) in [7, 11) is 1.69. The Morgan fingerprint density at radius 3 is 2.54 bits per heavy atom. The van der Waals surface area contributed by atoms with Crippen LogP contribution in [0.3, 0.4) is 0 Å². The van der Waals surface area contributed by atoms with Crippen LogP contribution in [0.1, 0.15) is 22.5 Å². The van der Waals surface area contributed by atoms with Gasteiger partial charge in [0.15, 0.2) is 5.11 Å². The summed E-state index contributed by atoms with van der Waals surface area (Å²) in [6.45, 7) is 6.21. The van der Waals surface area contributed by atoms with Crippen LogP contribution in [0.25, 0.3) is 5.69 Å². The van der Waals surface area contributed by atoms with Crippen molar-refractivity contribution >= 4 is 29.2 Å². The Morgan fingerprint density at radius 1 is 1.07 bits per heavy atom. The molecule has 0 amide bonds. The summed E-state index contributed by atoms with van der Waals surface area (Å²) in [5.41, 5.74) is 9.17. The third-order valence-corrected chi connectivity index (χ3v) is 4.64. The fourth-order valence-electron chi connectivity index (χ4n) is 3.10. The Balaban J connectivity index is 1.78. The van der Waals surface area contributed by atoms with E-state index in [2.05, 4.69) is 53.3 Å². The van der Waals surface area contributed by atoms with Gasteiger partial charge in [0.05, 0.1) is 19.0 Å². The minimum absolute atomic E-state index is 0.441. The lowest BCUT2D eigenvalue weighted by molar-refractivity contribution is 0.412. The summed E-state index contributed by atoms with van der Waals surface area (Å²) in [5, 5.41) is 7.82. The molecule has 6 heteroatoms. The van der Waals surface area contributed by atoms with Crippen LogP contribution in [0, 0.1) is 20.8 Å². The van der Waals surface area contributed by atoms with E-state index in [1.807, 2.05) is 42.5 Å². The van der Waals surface area contributed by atoms with Crippen molar-refractivity contribution in [2.24, 2.45) is 5.10 Å². The molecule has 3 aromatic rings. The zero-order chi connectivity index (χ0) is 20.1. The van der Waals surface area contributed by atoms with Crippen LogP contribution >= 0.6 is 12.2 Å². The van der Waals surface area contributed by atoms with Gasteiger partial charge in [-0.25, -0.2) is 0 Å². The van der Waals surface area contributed by atoms with Gasteiger partial charge in [-0.3, -0.25) is 5.43 Å². The van der Waals surface area contributed by atoms with Crippen LogP contribution in [-0.2, 0) is 0 Å². The Labute approximate surface area is 171 Å². The summed E-state index contributed by atoms with van der Waals surface area (Å²) in [5.74, 6) is 0.835. The lowest BCUT2D eigenvalue weighted by Gasteiger charge is -2.14. The zero-order valence-electron chi connectivity index (χ0n) is 16.5. The van der Waals surface area contributed by atoms with E-state index in [1.54, 1.807) is 13.3 Å². The highest BCUT2D eigenvalue weighted by Gasteiger charge is 2.13. The van der Waals surface area contributed by atoms with E-state index < -0.39 is 0 Å². The number of thiocarbonyl (C=S) groups is 1. The molecule has 0 spiro atoms. The predicted octanol–water partition coefficient (Wildman–Crippen LogP) is 4.73. The number of hydrogen-bond donors (Lipinski definition) is 2. The number of aryl methyl sites for hydroxylation is 2. The van der Waals surface area contributed by atoms with Crippen LogP contribution in [0.15, 0.2) is 59.7 Å². The number of anilines is 1. The number of methoxy groups -OCH3 is 1. The molecule has 1 heterocycles. The summed E-state index contributed by atoms with van der Waals surface area (Å²) in [6, 6.07) is 18.0. The van der Waals surface area contributed by atoms with Gasteiger partial charge in [0.25, 0.3) is 0 Å². The first-order valence-electron chi connectivity index (χ1n) is 8.98. The first-order valence-corrected chi connectivity index (χ1v) is 9.39. The van der Waals surface area contributed by atoms with Crippen LogP contribution in [0.2, 0.25) is 0 Å². The first-order chi connectivity index (χ1) is 13.5. The van der Waals surface area contributed by atoms with Gasteiger partial charge >= 0.3 is 0 Å². The van der Waals surface area contributed by atoms with Gasteiger partial charge in [0.2, 0.25) is 0 Å². The van der Waals surface area contributed by atoms with E-state index >= 15 is 0 Å². The molecule has 0 saturated carbocycles. The molecule has 0 radical (unpaired) electrons. The molecule has 0 aliphatic heterocycles. The summed E-state index contributed by atoms with van der Waals surface area (Å²) in [4.78, 5) is 0. The number of nitrogens with zero attached hydrogens (tertiary/aromatic N) is 2. The molecule has 2 N–H and O–H groups in total. The maximum absolute atomic E-state index is 5.55. The number of benzene rings is 2. The molecular weight excluding hydrogens is 368 g/mol. The second kappa shape index (κ2) is 8.71. The smallest absolute Gasteiger partial charge is 0.191 e. The third-order valence-electron chi connectivity index (χ3n) is 4.45. The van der Waals surface area contributed by atoms with Gasteiger partial charge in [-0.2, -0.15) is 5.10 Å². The lowest BCUT2D eigenvalue weighted by atomic mass is 10.2. The van der Waals surface area contributed by atoms with Crippen LogP contribution in [0.4, 0.5) is 5.69 Å². The summed E-state index contributed by atoms with van der Waals surface area (Å²) >= 11 is 5.28. The van der Waals surface area contributed by atoms with Crippen LogP contribution in [0.5, 0.6) is 5.75 Å². The van der Waals surface area contributed by atoms with Crippen LogP contribution in [-0.4, -0.2) is 23.0 Å². The number of para-hydroxylation sites is 1. The second-order valence-corrected chi connectivity index (χ2v) is 6.94. The summed E-state index contributed by atoms with van der Waals surface area (Å²) < 4.78 is 7.73. The molecule has 0 unspecified atom stereocenters. The fourth-order valence-corrected chi connectivity index (χ4v) is 3.28. The molecule has 0 bridgehead atoms. The predicted molar refractivity (Wildman–Crippen MR) is 120 cm³/mol. The highest BCUT2D eigenvalue weighted by atomic mass is 32.1. The Kier molecular flexibility index (Phi) is 6.11. The molecule has 5 nitrogen and oxygen atoms in total. The Morgan fingerprint density at radius 2 is 1.82 bits per heavy atom. The molecule has 28 heavy (non-hydrogen) atoms. The van der Waals surface area contributed by atoms with Gasteiger partial charge in [-0.05, 0) is 68.9 Å². The van der Waals surface area contributed by atoms with E-state index in [-0.39, 0.29) is 0 Å². The Hall–Kier alpha value is -3.12. The van der Waals surface area contributed by atoms with E-state index in [4.69, 9.17) is 17.0 Å². The Bertz CT molecular complexity index is 1010. The minimum Gasteiger partial charge on any atom is -0.495 e. The van der Waals surface area contributed by atoms with Gasteiger partial charge < -0.3 is 14.6 Å². The molecule has 3 rings (SSSR count). The number of hydrazone groups is 1. The zero-order valence-corrected chi connectivity index (χ0v) is 17.3. The van der Waals surface area contributed by atoms with E-state index in [0.717, 1.165) is 34.1 Å². The van der Waals surface area contributed by atoms with Crippen molar-refractivity contribution in [2.75, 3.05) is 12.4 Å². The fraction of sp³-hybridized carbons (Fsp3) is 0.182. The van der Waals surface area contributed by atoms with Crippen LogP contribution < -0.4 is 15.5 Å². The van der Waals surface area contributed by atoms with Crippen molar-refractivity contribution in [3.05, 3.63) is 77.1 Å². The number of nitrogens with one attached hydrogen (secondary N) is 2. The number of hydrogen-bond acceptors (Lipinski definition) is 3. The highest BCUT2D eigenvalue weighted by Crippen LogP contribution is 2.28. The third kappa shape index (κ3) is 4.40. The second-order valence-electron chi connectivity index (χ2n) is 6.53. The van der Waals surface area contributed by atoms with Gasteiger partial charge in [0.1, 0.15) is 5.75 Å². The molecule has 2 aromatic carbocycles. The molecular formula is C22H24N4OS. The largest absolute Gasteiger partial charge is 0.495 e. The molecule has 144 valence electrons. The SMILES string of the molecule is COc1ccc(C)cc1-n1c(C)cc(/C=N\NC(=S)Nc2ccccc2)c1C. The maximum atomic E-state index is 5.55. The normalized spacial score (nSPS) is 10.9. The quantitative estimate of drug-likeness (QED) is 0.374. The summed E-state index contributed by atoms with van der Waals surface area (Å²) in [6.07, 6.45) is 1.78. The van der Waals surface area contributed by atoms with Crippen molar-refractivity contribution in [3.8, 4) is 11.4 Å². The monoisotopic (exact) mass is 392 g/mol. The van der Waals surface area contributed by atoms with E-state index in [9.17, 15) is 0 Å². The highest BCUT2D eigenvalue weighted by molar-refractivity contribution is 7.80. The van der Waals surface area contributed by atoms with E-state index in [0.29, 0.717) is 5.11 Å². The molecule has 0 aliphatic rings. The van der Waals surface area contributed by atoms with Crippen molar-refractivity contribution in [1.29, 1.82) is 0 Å². The number of aromatic nitrogens is 1. The van der Waals surface area contributed by atoms with Crippen molar-refractivity contribution in [3.63, 3.8) is 0 Å². The molecule has 0 aliphatic carbocycles. The maximum Gasteiger partial charge on any atom is 0.191 e. The molecule has 0 fully saturated rings. The standard InChI is InChI=1S/C22H24N4OS/c1-15-10-11-21(27-4)20(12-15)26-16(2)13-18(17(26)3)14-23-25-22(28)24-19-8-6-5-7-9-19/h5-14H,1-4H3,(H2,24,25,28)/b23-14-. The van der Waals surface area contributed by atoms with Gasteiger partial charge in [0, 0.05) is 22.6 Å². The van der Waals surface area contributed by atoms with Crippen molar-refractivity contribution in [1.82, 2.24) is 9.99 Å². The molecule has 0 saturated heterocycles. The average molecular weight is 393 g/mol. The van der Waals surface area contributed by atoms with E-state index in [1.165, 1.54) is 5.56 Å². The first kappa shape index (κ1) is 19.6. The minimum atomic E-state index is 0.441. The topological polar surface area (TPSA) is 50.6 Å². The lowest BCUT2D eigenvalue weighted by Crippen LogP contribution is -2.23. The van der Waals surface area contributed by atoms with Gasteiger partial charge in [-0.1, -0.05) is 24.3 Å². The van der Waals surface area contributed by atoms with Crippen molar-refractivity contribution < 1.29 is 4.74 Å². The van der Waals surface area contributed by atoms with Gasteiger partial charge in [-0.15, -0.1) is 0 Å². The average Bonchev–Trinajstić information content (AvgIpc) is 2.96. The molecule has 0 atom stereocenters. The van der Waals surface area contributed by atoms with Crippen molar-refractivity contribution in [2.45, 2.75) is 20.8 Å². The molecule has 1 aromatic heterocycles. The number of ether oxygens (including phenoxy) is 1.